The smallest absolute Gasteiger partial charge is 0.0685 e. The van der Waals surface area contributed by atoms with Crippen LogP contribution in [-0.4, -0.2) is 16.8 Å². The molecule has 0 amide bonds. The molecule has 0 bridgehead atoms. The number of hydrogen-bond donors (Lipinski definition) is 3. The van der Waals surface area contributed by atoms with Crippen molar-refractivity contribution in [2.24, 2.45) is 5.73 Å². The molecule has 1 aromatic rings. The van der Waals surface area contributed by atoms with Crippen LogP contribution in [0.3, 0.4) is 0 Å². The normalized spacial score (nSPS) is 12.8. The van der Waals surface area contributed by atoms with Gasteiger partial charge in [0, 0.05) is 12.6 Å². The van der Waals surface area contributed by atoms with Crippen molar-refractivity contribution >= 4 is 0 Å². The predicted octanol–water partition coefficient (Wildman–Crippen LogP) is 0.561. The number of nitrogens with two attached hydrogens (primary N) is 1. The predicted molar refractivity (Wildman–Crippen MR) is 51.0 cm³/mol. The number of hydrogen-bond acceptors (Lipinski definition) is 3. The number of aliphatic hydroxyl groups is 2. The molecule has 0 fully saturated rings. The Hall–Kier alpha value is -0.900. The summed E-state index contributed by atoms with van der Waals surface area (Å²) in [6.07, 6.45) is 0.525. The third kappa shape index (κ3) is 2.52. The average Bonchev–Trinajstić information content (AvgIpc) is 2.18. The fourth-order valence-electron chi connectivity index (χ4n) is 1.33. The topological polar surface area (TPSA) is 66.5 Å². The maximum Gasteiger partial charge on any atom is 0.0685 e. The second kappa shape index (κ2) is 4.97. The van der Waals surface area contributed by atoms with E-state index in [9.17, 15) is 0 Å². The van der Waals surface area contributed by atoms with Crippen LogP contribution in [0.1, 0.15) is 23.6 Å². The molecule has 0 aliphatic carbocycles. The number of aliphatic hydroxyl groups excluding tert-OH is 2. The second-order valence-corrected chi connectivity index (χ2v) is 2.98. The first-order chi connectivity index (χ1) is 6.29. The van der Waals surface area contributed by atoms with Gasteiger partial charge in [-0.15, -0.1) is 0 Å². The first-order valence-electron chi connectivity index (χ1n) is 4.34. The van der Waals surface area contributed by atoms with Gasteiger partial charge < -0.3 is 15.9 Å². The molecule has 3 heteroatoms. The highest BCUT2D eigenvalue weighted by Gasteiger charge is 2.08. The number of rotatable bonds is 4. The Morgan fingerprint density at radius 1 is 1.23 bits per heavy atom. The fraction of sp³-hybridized carbons (Fsp3) is 0.400. The molecule has 1 atom stereocenters. The minimum absolute atomic E-state index is 0.00466. The summed E-state index contributed by atoms with van der Waals surface area (Å²) in [7, 11) is 0. The van der Waals surface area contributed by atoms with Gasteiger partial charge in [-0.25, -0.2) is 0 Å². The van der Waals surface area contributed by atoms with Gasteiger partial charge in [-0.05, 0) is 17.5 Å². The molecule has 0 aliphatic heterocycles. The molecule has 1 aromatic carbocycles. The van der Waals surface area contributed by atoms with Gasteiger partial charge in [-0.1, -0.05) is 24.3 Å². The van der Waals surface area contributed by atoms with Crippen molar-refractivity contribution in [2.45, 2.75) is 19.1 Å². The minimum atomic E-state index is -0.187. The molecule has 3 nitrogen and oxygen atoms in total. The molecule has 1 unspecified atom stereocenters. The summed E-state index contributed by atoms with van der Waals surface area (Å²) in [5, 5.41) is 17.7. The summed E-state index contributed by atoms with van der Waals surface area (Å²) in [6.45, 7) is 0.0657. The summed E-state index contributed by atoms with van der Waals surface area (Å²) in [5.41, 5.74) is 7.56. The van der Waals surface area contributed by atoms with Gasteiger partial charge in [0.05, 0.1) is 6.61 Å². The third-order valence-electron chi connectivity index (χ3n) is 2.07. The molecule has 4 N–H and O–H groups in total. The van der Waals surface area contributed by atoms with Crippen molar-refractivity contribution in [3.8, 4) is 0 Å². The SMILES string of the molecule is NC(CCO)c1ccccc1CO. The minimum Gasteiger partial charge on any atom is -0.396 e. The van der Waals surface area contributed by atoms with E-state index in [4.69, 9.17) is 15.9 Å². The maximum absolute atomic E-state index is 9.02. The van der Waals surface area contributed by atoms with Crippen molar-refractivity contribution in [3.63, 3.8) is 0 Å². The van der Waals surface area contributed by atoms with Gasteiger partial charge in [0.25, 0.3) is 0 Å². The van der Waals surface area contributed by atoms with Crippen LogP contribution in [0, 0.1) is 0 Å². The fourth-order valence-corrected chi connectivity index (χ4v) is 1.33. The van der Waals surface area contributed by atoms with E-state index in [0.29, 0.717) is 6.42 Å². The second-order valence-electron chi connectivity index (χ2n) is 2.98. The first kappa shape index (κ1) is 10.2. The largest absolute Gasteiger partial charge is 0.396 e. The van der Waals surface area contributed by atoms with Crippen LogP contribution in [-0.2, 0) is 6.61 Å². The summed E-state index contributed by atoms with van der Waals surface area (Å²) >= 11 is 0. The molecule has 0 saturated carbocycles. The van der Waals surface area contributed by atoms with E-state index in [0.717, 1.165) is 11.1 Å². The molecule has 0 aromatic heterocycles. The van der Waals surface area contributed by atoms with Crippen LogP contribution in [0.15, 0.2) is 24.3 Å². The lowest BCUT2D eigenvalue weighted by molar-refractivity contribution is 0.268. The standard InChI is InChI=1S/C10H15NO2/c11-10(5-6-12)9-4-2-1-3-8(9)7-13/h1-4,10,12-13H,5-7,11H2. The van der Waals surface area contributed by atoms with Crippen molar-refractivity contribution in [2.75, 3.05) is 6.61 Å². The van der Waals surface area contributed by atoms with Gasteiger partial charge in [0.1, 0.15) is 0 Å². The van der Waals surface area contributed by atoms with E-state index in [1.165, 1.54) is 0 Å². The molecular formula is C10H15NO2. The Labute approximate surface area is 77.8 Å². The van der Waals surface area contributed by atoms with Crippen LogP contribution in [0.25, 0.3) is 0 Å². The van der Waals surface area contributed by atoms with E-state index in [-0.39, 0.29) is 19.3 Å². The van der Waals surface area contributed by atoms with Crippen LogP contribution in [0.5, 0.6) is 0 Å². The number of benzene rings is 1. The van der Waals surface area contributed by atoms with Gasteiger partial charge in [0.15, 0.2) is 0 Å². The zero-order valence-electron chi connectivity index (χ0n) is 7.48. The Kier molecular flexibility index (Phi) is 3.89. The van der Waals surface area contributed by atoms with Gasteiger partial charge >= 0.3 is 0 Å². The van der Waals surface area contributed by atoms with Crippen molar-refractivity contribution in [1.29, 1.82) is 0 Å². The van der Waals surface area contributed by atoms with E-state index < -0.39 is 0 Å². The highest BCUT2D eigenvalue weighted by molar-refractivity contribution is 5.29. The lowest BCUT2D eigenvalue weighted by Gasteiger charge is -2.13. The van der Waals surface area contributed by atoms with Crippen molar-refractivity contribution in [3.05, 3.63) is 35.4 Å². The van der Waals surface area contributed by atoms with Crippen molar-refractivity contribution in [1.82, 2.24) is 0 Å². The van der Waals surface area contributed by atoms with E-state index >= 15 is 0 Å². The first-order valence-corrected chi connectivity index (χ1v) is 4.34. The summed E-state index contributed by atoms with van der Waals surface area (Å²) in [5.74, 6) is 0. The molecule has 0 spiro atoms. The zero-order valence-corrected chi connectivity index (χ0v) is 7.48. The molecule has 0 aliphatic rings. The lowest BCUT2D eigenvalue weighted by atomic mass is 9.99. The zero-order chi connectivity index (χ0) is 9.68. The Morgan fingerprint density at radius 3 is 2.54 bits per heavy atom. The van der Waals surface area contributed by atoms with E-state index in [1.54, 1.807) is 0 Å². The van der Waals surface area contributed by atoms with Crippen LogP contribution in [0.4, 0.5) is 0 Å². The maximum atomic E-state index is 9.02. The van der Waals surface area contributed by atoms with Gasteiger partial charge in [0.2, 0.25) is 0 Å². The summed E-state index contributed by atoms with van der Waals surface area (Å²) in [6, 6.07) is 7.28. The average molecular weight is 181 g/mol. The van der Waals surface area contributed by atoms with Crippen LogP contribution in [0.2, 0.25) is 0 Å². The molecule has 0 saturated heterocycles. The molecule has 13 heavy (non-hydrogen) atoms. The van der Waals surface area contributed by atoms with E-state index in [1.807, 2.05) is 24.3 Å². The summed E-state index contributed by atoms with van der Waals surface area (Å²) in [4.78, 5) is 0. The Bertz CT molecular complexity index is 263. The van der Waals surface area contributed by atoms with Crippen LogP contribution >= 0.6 is 0 Å². The highest BCUT2D eigenvalue weighted by Crippen LogP contribution is 2.18. The van der Waals surface area contributed by atoms with Gasteiger partial charge in [-0.3, -0.25) is 0 Å². The third-order valence-corrected chi connectivity index (χ3v) is 2.07. The van der Waals surface area contributed by atoms with E-state index in [2.05, 4.69) is 0 Å². The Balaban J connectivity index is 2.85. The highest BCUT2D eigenvalue weighted by atomic mass is 16.3. The molecular weight excluding hydrogens is 166 g/mol. The lowest BCUT2D eigenvalue weighted by Crippen LogP contribution is -2.14. The summed E-state index contributed by atoms with van der Waals surface area (Å²) < 4.78 is 0. The quantitative estimate of drug-likeness (QED) is 0.636. The van der Waals surface area contributed by atoms with Crippen LogP contribution < -0.4 is 5.73 Å². The molecule has 0 heterocycles. The Morgan fingerprint density at radius 2 is 1.92 bits per heavy atom. The molecule has 0 radical (unpaired) electrons. The monoisotopic (exact) mass is 181 g/mol. The molecule has 72 valence electrons. The molecule has 1 rings (SSSR count). The van der Waals surface area contributed by atoms with Gasteiger partial charge in [-0.2, -0.15) is 0 Å². The van der Waals surface area contributed by atoms with Crippen molar-refractivity contribution < 1.29 is 10.2 Å².